The molecular formula is C11H7ClN4. The first-order valence-corrected chi connectivity index (χ1v) is 4.95. The topological polar surface area (TPSA) is 62.5 Å². The summed E-state index contributed by atoms with van der Waals surface area (Å²) in [6.45, 7) is 1.87. The zero-order valence-electron chi connectivity index (χ0n) is 8.48. The molecule has 0 spiro atoms. The van der Waals surface area contributed by atoms with E-state index in [-0.39, 0.29) is 5.15 Å². The Balaban J connectivity index is 2.59. The summed E-state index contributed by atoms with van der Waals surface area (Å²) in [4.78, 5) is 4.15. The molecule has 0 N–H and O–H groups in total. The first-order valence-electron chi connectivity index (χ1n) is 4.57. The fourth-order valence-corrected chi connectivity index (χ4v) is 1.48. The maximum absolute atomic E-state index is 8.84. The van der Waals surface area contributed by atoms with Crippen molar-refractivity contribution in [3.63, 3.8) is 0 Å². The lowest BCUT2D eigenvalue weighted by atomic mass is 10.1. The Labute approximate surface area is 97.5 Å². The quantitative estimate of drug-likeness (QED) is 0.755. The Morgan fingerprint density at radius 1 is 1.38 bits per heavy atom. The smallest absolute Gasteiger partial charge is 0.169 e. The summed E-state index contributed by atoms with van der Waals surface area (Å²) in [5, 5.41) is 16.6. The second kappa shape index (κ2) is 4.25. The third-order valence-electron chi connectivity index (χ3n) is 2.15. The van der Waals surface area contributed by atoms with Gasteiger partial charge in [-0.25, -0.2) is 0 Å². The van der Waals surface area contributed by atoms with E-state index in [2.05, 4.69) is 15.2 Å². The van der Waals surface area contributed by atoms with E-state index < -0.39 is 0 Å². The van der Waals surface area contributed by atoms with E-state index in [1.165, 1.54) is 0 Å². The van der Waals surface area contributed by atoms with E-state index in [0.717, 1.165) is 11.3 Å². The molecule has 2 aromatic rings. The minimum atomic E-state index is 0.118. The van der Waals surface area contributed by atoms with Crippen LogP contribution in [-0.2, 0) is 0 Å². The molecule has 4 nitrogen and oxygen atoms in total. The van der Waals surface area contributed by atoms with E-state index in [4.69, 9.17) is 16.9 Å². The Bertz CT molecular complexity index is 574. The summed E-state index contributed by atoms with van der Waals surface area (Å²) in [6.07, 6.45) is 1.70. The molecule has 0 amide bonds. The standard InChI is InChI=1S/C11H7ClN4/c1-7-9(3-2-4-14-7)10-5-8(6-13)11(12)16-15-10/h2-5H,1H3. The van der Waals surface area contributed by atoms with Crippen molar-refractivity contribution in [3.8, 4) is 17.3 Å². The highest BCUT2D eigenvalue weighted by molar-refractivity contribution is 6.30. The molecule has 0 fully saturated rings. The molecule has 78 valence electrons. The van der Waals surface area contributed by atoms with Gasteiger partial charge in [0.2, 0.25) is 0 Å². The number of aryl methyl sites for hydroxylation is 1. The molecule has 0 unspecified atom stereocenters. The average Bonchev–Trinajstić information content (AvgIpc) is 2.31. The largest absolute Gasteiger partial charge is 0.261 e. The number of nitriles is 1. The van der Waals surface area contributed by atoms with Crippen LogP contribution in [0.3, 0.4) is 0 Å². The molecule has 0 saturated carbocycles. The van der Waals surface area contributed by atoms with Crippen LogP contribution in [0.2, 0.25) is 5.15 Å². The van der Waals surface area contributed by atoms with Gasteiger partial charge < -0.3 is 0 Å². The van der Waals surface area contributed by atoms with Gasteiger partial charge in [-0.2, -0.15) is 5.26 Å². The van der Waals surface area contributed by atoms with Gasteiger partial charge in [0.25, 0.3) is 0 Å². The monoisotopic (exact) mass is 230 g/mol. The summed E-state index contributed by atoms with van der Waals surface area (Å²) in [6, 6.07) is 7.27. The van der Waals surface area contributed by atoms with Crippen molar-refractivity contribution in [2.24, 2.45) is 0 Å². The third kappa shape index (κ3) is 1.86. The zero-order valence-corrected chi connectivity index (χ0v) is 9.23. The van der Waals surface area contributed by atoms with E-state index in [0.29, 0.717) is 11.3 Å². The van der Waals surface area contributed by atoms with Gasteiger partial charge >= 0.3 is 0 Å². The van der Waals surface area contributed by atoms with Gasteiger partial charge in [-0.05, 0) is 25.1 Å². The van der Waals surface area contributed by atoms with Gasteiger partial charge in [-0.1, -0.05) is 11.6 Å². The lowest BCUT2D eigenvalue weighted by Crippen LogP contribution is -1.94. The average molecular weight is 231 g/mol. The number of pyridine rings is 1. The van der Waals surface area contributed by atoms with Crippen molar-refractivity contribution in [2.75, 3.05) is 0 Å². The molecule has 0 bridgehead atoms. The lowest BCUT2D eigenvalue weighted by molar-refractivity contribution is 1.02. The first kappa shape index (κ1) is 10.5. The van der Waals surface area contributed by atoms with Crippen LogP contribution in [0, 0.1) is 18.3 Å². The van der Waals surface area contributed by atoms with Gasteiger partial charge in [0.1, 0.15) is 6.07 Å². The molecule has 2 aromatic heterocycles. The van der Waals surface area contributed by atoms with Crippen LogP contribution >= 0.6 is 11.6 Å². The lowest BCUT2D eigenvalue weighted by Gasteiger charge is -2.03. The molecule has 0 atom stereocenters. The summed E-state index contributed by atoms with van der Waals surface area (Å²) in [5.74, 6) is 0. The maximum atomic E-state index is 8.84. The van der Waals surface area contributed by atoms with Crippen LogP contribution in [0.5, 0.6) is 0 Å². The zero-order chi connectivity index (χ0) is 11.5. The highest BCUT2D eigenvalue weighted by Gasteiger charge is 2.08. The van der Waals surface area contributed by atoms with Crippen molar-refractivity contribution >= 4 is 11.6 Å². The Morgan fingerprint density at radius 2 is 2.19 bits per heavy atom. The molecule has 0 saturated heterocycles. The minimum absolute atomic E-state index is 0.118. The number of hydrogen-bond acceptors (Lipinski definition) is 4. The summed E-state index contributed by atoms with van der Waals surface area (Å²) in [5.41, 5.74) is 2.60. The summed E-state index contributed by atoms with van der Waals surface area (Å²) in [7, 11) is 0. The summed E-state index contributed by atoms with van der Waals surface area (Å²) < 4.78 is 0. The van der Waals surface area contributed by atoms with E-state index in [1.54, 1.807) is 12.3 Å². The first-order chi connectivity index (χ1) is 7.72. The minimum Gasteiger partial charge on any atom is -0.261 e. The maximum Gasteiger partial charge on any atom is 0.169 e. The number of halogens is 1. The van der Waals surface area contributed by atoms with Crippen LogP contribution in [-0.4, -0.2) is 15.2 Å². The van der Waals surface area contributed by atoms with Crippen molar-refractivity contribution in [3.05, 3.63) is 40.8 Å². The fourth-order valence-electron chi connectivity index (χ4n) is 1.34. The number of nitrogens with zero attached hydrogens (tertiary/aromatic N) is 4. The predicted molar refractivity (Wildman–Crippen MR) is 59.7 cm³/mol. The Morgan fingerprint density at radius 3 is 2.88 bits per heavy atom. The molecule has 0 aliphatic heterocycles. The van der Waals surface area contributed by atoms with Crippen LogP contribution in [0.4, 0.5) is 0 Å². The molecule has 5 heteroatoms. The normalized spacial score (nSPS) is 9.81. The Kier molecular flexibility index (Phi) is 2.80. The van der Waals surface area contributed by atoms with E-state index in [9.17, 15) is 0 Å². The SMILES string of the molecule is Cc1ncccc1-c1cc(C#N)c(Cl)nn1. The molecule has 0 aliphatic rings. The molecular weight excluding hydrogens is 224 g/mol. The second-order valence-electron chi connectivity index (χ2n) is 3.18. The number of hydrogen-bond donors (Lipinski definition) is 0. The highest BCUT2D eigenvalue weighted by atomic mass is 35.5. The van der Waals surface area contributed by atoms with Crippen LogP contribution in [0.25, 0.3) is 11.3 Å². The van der Waals surface area contributed by atoms with Gasteiger partial charge in [-0.15, -0.1) is 10.2 Å². The molecule has 0 aliphatic carbocycles. The van der Waals surface area contributed by atoms with E-state index >= 15 is 0 Å². The molecule has 2 rings (SSSR count). The van der Waals surface area contributed by atoms with Gasteiger partial charge in [0.05, 0.1) is 11.3 Å². The summed E-state index contributed by atoms with van der Waals surface area (Å²) >= 11 is 5.71. The third-order valence-corrected chi connectivity index (χ3v) is 2.43. The van der Waals surface area contributed by atoms with Gasteiger partial charge in [0.15, 0.2) is 5.15 Å². The second-order valence-corrected chi connectivity index (χ2v) is 3.54. The molecule has 0 radical (unpaired) electrons. The molecule has 2 heterocycles. The van der Waals surface area contributed by atoms with Crippen molar-refractivity contribution in [1.82, 2.24) is 15.2 Å². The van der Waals surface area contributed by atoms with Crippen LogP contribution in [0.1, 0.15) is 11.3 Å². The van der Waals surface area contributed by atoms with Crippen LogP contribution < -0.4 is 0 Å². The highest BCUT2D eigenvalue weighted by Crippen LogP contribution is 2.21. The van der Waals surface area contributed by atoms with Gasteiger partial charge in [-0.3, -0.25) is 4.98 Å². The molecule has 16 heavy (non-hydrogen) atoms. The number of rotatable bonds is 1. The van der Waals surface area contributed by atoms with E-state index in [1.807, 2.05) is 25.1 Å². The van der Waals surface area contributed by atoms with Gasteiger partial charge in [0, 0.05) is 17.5 Å². The fraction of sp³-hybridized carbons (Fsp3) is 0.0909. The van der Waals surface area contributed by atoms with Crippen molar-refractivity contribution in [1.29, 1.82) is 5.26 Å². The predicted octanol–water partition coefficient (Wildman–Crippen LogP) is 2.37. The van der Waals surface area contributed by atoms with Crippen LogP contribution in [0.15, 0.2) is 24.4 Å². The Hall–Kier alpha value is -1.99. The number of aromatic nitrogens is 3. The van der Waals surface area contributed by atoms with Crippen molar-refractivity contribution < 1.29 is 0 Å². The molecule has 0 aromatic carbocycles. The van der Waals surface area contributed by atoms with Crippen molar-refractivity contribution in [2.45, 2.75) is 6.92 Å².